The van der Waals surface area contributed by atoms with Gasteiger partial charge in [0, 0.05) is 49.9 Å². The summed E-state index contributed by atoms with van der Waals surface area (Å²) in [5, 5.41) is 2.95. The van der Waals surface area contributed by atoms with Gasteiger partial charge in [-0.05, 0) is 49.4 Å². The normalized spacial score (nSPS) is 15.6. The number of hydrogen-bond donors (Lipinski definition) is 1. The fraction of sp³-hybridized carbons (Fsp3) is 0.423. The highest BCUT2D eigenvalue weighted by Crippen LogP contribution is 2.34. The zero-order valence-corrected chi connectivity index (χ0v) is 19.9. The molecule has 0 atom stereocenters. The molecule has 34 heavy (non-hydrogen) atoms. The van der Waals surface area contributed by atoms with Gasteiger partial charge in [-0.3, -0.25) is 9.59 Å². The Morgan fingerprint density at radius 3 is 2.29 bits per heavy atom. The molecule has 0 spiro atoms. The van der Waals surface area contributed by atoms with Crippen molar-refractivity contribution < 1.29 is 23.9 Å². The number of benzene rings is 2. The molecule has 8 nitrogen and oxygen atoms in total. The number of ketones is 1. The Kier molecular flexibility index (Phi) is 7.05. The van der Waals surface area contributed by atoms with Crippen molar-refractivity contribution in [3.63, 3.8) is 0 Å². The highest BCUT2D eigenvalue weighted by Gasteiger charge is 2.28. The van der Waals surface area contributed by atoms with Crippen molar-refractivity contribution in [3.8, 4) is 11.5 Å². The number of carbonyl (C=O) groups is 3. The summed E-state index contributed by atoms with van der Waals surface area (Å²) < 4.78 is 10.6. The molecule has 0 aromatic heterocycles. The number of urea groups is 1. The van der Waals surface area contributed by atoms with Crippen LogP contribution in [0.4, 0.5) is 10.5 Å². The molecule has 1 aliphatic carbocycles. The van der Waals surface area contributed by atoms with Crippen LogP contribution >= 0.6 is 0 Å². The molecule has 1 saturated heterocycles. The molecule has 2 aromatic carbocycles. The van der Waals surface area contributed by atoms with Crippen LogP contribution < -0.4 is 14.8 Å². The van der Waals surface area contributed by atoms with Gasteiger partial charge in [0.25, 0.3) is 5.91 Å². The lowest BCUT2D eigenvalue weighted by Crippen LogP contribution is -2.51. The molecule has 4 rings (SSSR count). The Balaban J connectivity index is 1.36. The molecule has 180 valence electrons. The highest BCUT2D eigenvalue weighted by atomic mass is 16.5. The van der Waals surface area contributed by atoms with Crippen molar-refractivity contribution in [2.24, 2.45) is 5.92 Å². The molecule has 8 heteroatoms. The molecular formula is C26H31N3O5. The zero-order valence-electron chi connectivity index (χ0n) is 19.9. The van der Waals surface area contributed by atoms with Gasteiger partial charge in [0.1, 0.15) is 11.5 Å². The van der Waals surface area contributed by atoms with Crippen LogP contribution in [0.15, 0.2) is 36.4 Å². The van der Waals surface area contributed by atoms with Gasteiger partial charge < -0.3 is 24.6 Å². The van der Waals surface area contributed by atoms with E-state index in [0.29, 0.717) is 66.8 Å². The van der Waals surface area contributed by atoms with E-state index in [4.69, 9.17) is 9.47 Å². The molecular weight excluding hydrogens is 434 g/mol. The molecule has 2 aliphatic rings. The van der Waals surface area contributed by atoms with Gasteiger partial charge in [-0.1, -0.05) is 12.1 Å². The van der Waals surface area contributed by atoms with E-state index in [0.717, 1.165) is 18.4 Å². The predicted molar refractivity (Wildman–Crippen MR) is 129 cm³/mol. The number of methoxy groups -OCH3 is 2. The summed E-state index contributed by atoms with van der Waals surface area (Å²) in [6, 6.07) is 10.3. The summed E-state index contributed by atoms with van der Waals surface area (Å²) in [6.45, 7) is 3.56. The molecule has 0 radical (unpaired) electrons. The fourth-order valence-corrected chi connectivity index (χ4v) is 4.08. The number of nitrogens with one attached hydrogen (secondary N) is 1. The number of aryl methyl sites for hydroxylation is 1. The first-order valence-electron chi connectivity index (χ1n) is 11.6. The van der Waals surface area contributed by atoms with Crippen molar-refractivity contribution >= 4 is 23.4 Å². The first kappa shape index (κ1) is 23.6. The number of carbonyl (C=O) groups excluding carboxylic acids is 3. The Morgan fingerprint density at radius 2 is 1.65 bits per heavy atom. The minimum absolute atomic E-state index is 0.124. The van der Waals surface area contributed by atoms with E-state index >= 15 is 0 Å². The average Bonchev–Trinajstić information content (AvgIpc) is 3.68. The summed E-state index contributed by atoms with van der Waals surface area (Å²) in [5.41, 5.74) is 2.64. The monoisotopic (exact) mass is 465 g/mol. The summed E-state index contributed by atoms with van der Waals surface area (Å²) in [4.78, 5) is 41.8. The molecule has 2 aromatic rings. The Morgan fingerprint density at radius 1 is 0.941 bits per heavy atom. The summed E-state index contributed by atoms with van der Waals surface area (Å²) in [7, 11) is 3.08. The number of rotatable bonds is 7. The highest BCUT2D eigenvalue weighted by molar-refractivity contribution is 5.99. The van der Waals surface area contributed by atoms with E-state index in [9.17, 15) is 14.4 Å². The Labute approximate surface area is 199 Å². The SMILES string of the molecule is COc1ccc(C(=O)N2CCN(C(=O)Nc3cc(C(=O)CC4CC4)ccc3C)CC2)c(OC)c1. The number of anilines is 1. The van der Waals surface area contributed by atoms with Crippen molar-refractivity contribution in [1.29, 1.82) is 0 Å². The second-order valence-corrected chi connectivity index (χ2v) is 8.88. The standard InChI is InChI=1S/C26H31N3O5/c1-17-4-7-19(23(30)14-18-5-6-18)15-22(17)27-26(32)29-12-10-28(11-13-29)25(31)21-9-8-20(33-2)16-24(21)34-3/h4,7-9,15-16,18H,5-6,10-14H2,1-3H3,(H,27,32). The summed E-state index contributed by atoms with van der Waals surface area (Å²) in [6.07, 6.45) is 2.83. The number of ether oxygens (including phenoxy) is 2. The lowest BCUT2D eigenvalue weighted by atomic mass is 10.0. The molecule has 3 amide bonds. The van der Waals surface area contributed by atoms with Crippen LogP contribution in [-0.4, -0.2) is 67.9 Å². The zero-order chi connectivity index (χ0) is 24.2. The third-order valence-electron chi connectivity index (χ3n) is 6.47. The lowest BCUT2D eigenvalue weighted by molar-refractivity contribution is 0.0668. The maximum atomic E-state index is 13.0. The summed E-state index contributed by atoms with van der Waals surface area (Å²) >= 11 is 0. The van der Waals surface area contributed by atoms with Gasteiger partial charge in [-0.2, -0.15) is 0 Å². The van der Waals surface area contributed by atoms with E-state index in [2.05, 4.69) is 5.32 Å². The van der Waals surface area contributed by atoms with Gasteiger partial charge in [-0.15, -0.1) is 0 Å². The van der Waals surface area contributed by atoms with Crippen molar-refractivity contribution in [3.05, 3.63) is 53.1 Å². The van der Waals surface area contributed by atoms with Crippen LogP contribution in [0.25, 0.3) is 0 Å². The average molecular weight is 466 g/mol. The molecule has 1 heterocycles. The first-order chi connectivity index (χ1) is 16.4. The van der Waals surface area contributed by atoms with Gasteiger partial charge in [0.05, 0.1) is 19.8 Å². The fourth-order valence-electron chi connectivity index (χ4n) is 4.08. The number of nitrogens with zero attached hydrogens (tertiary/aromatic N) is 2. The van der Waals surface area contributed by atoms with E-state index in [-0.39, 0.29) is 17.7 Å². The van der Waals surface area contributed by atoms with Crippen LogP contribution in [0, 0.1) is 12.8 Å². The van der Waals surface area contributed by atoms with E-state index in [1.54, 1.807) is 41.2 Å². The van der Waals surface area contributed by atoms with Gasteiger partial charge in [-0.25, -0.2) is 4.79 Å². The maximum Gasteiger partial charge on any atom is 0.321 e. The third-order valence-corrected chi connectivity index (χ3v) is 6.47. The Bertz CT molecular complexity index is 1090. The minimum atomic E-state index is -0.232. The smallest absolute Gasteiger partial charge is 0.321 e. The predicted octanol–water partition coefficient (Wildman–Crippen LogP) is 3.98. The van der Waals surface area contributed by atoms with Crippen molar-refractivity contribution in [2.45, 2.75) is 26.2 Å². The quantitative estimate of drug-likeness (QED) is 0.625. The van der Waals surface area contributed by atoms with Crippen LogP contribution in [0.5, 0.6) is 11.5 Å². The molecule has 0 unspecified atom stereocenters. The second-order valence-electron chi connectivity index (χ2n) is 8.88. The van der Waals surface area contributed by atoms with Crippen LogP contribution in [0.2, 0.25) is 0 Å². The minimum Gasteiger partial charge on any atom is -0.497 e. The van der Waals surface area contributed by atoms with E-state index < -0.39 is 0 Å². The van der Waals surface area contributed by atoms with Crippen LogP contribution in [-0.2, 0) is 0 Å². The topological polar surface area (TPSA) is 88.2 Å². The van der Waals surface area contributed by atoms with Gasteiger partial charge in [0.15, 0.2) is 5.78 Å². The third kappa shape index (κ3) is 5.32. The van der Waals surface area contributed by atoms with E-state index in [1.165, 1.54) is 7.11 Å². The van der Waals surface area contributed by atoms with Crippen molar-refractivity contribution in [2.75, 3.05) is 45.7 Å². The molecule has 2 fully saturated rings. The van der Waals surface area contributed by atoms with Gasteiger partial charge >= 0.3 is 6.03 Å². The Hall–Kier alpha value is -3.55. The summed E-state index contributed by atoms with van der Waals surface area (Å²) in [5.74, 6) is 1.57. The number of Topliss-reactive ketones (excluding diaryl/α,β-unsaturated/α-hetero) is 1. The van der Waals surface area contributed by atoms with Crippen molar-refractivity contribution in [1.82, 2.24) is 9.80 Å². The maximum absolute atomic E-state index is 13.0. The van der Waals surface area contributed by atoms with Crippen LogP contribution in [0.3, 0.4) is 0 Å². The van der Waals surface area contributed by atoms with Crippen LogP contribution in [0.1, 0.15) is 45.5 Å². The number of hydrogen-bond acceptors (Lipinski definition) is 5. The second kappa shape index (κ2) is 10.2. The molecule has 0 bridgehead atoms. The largest absolute Gasteiger partial charge is 0.497 e. The number of piperazine rings is 1. The molecule has 1 aliphatic heterocycles. The van der Waals surface area contributed by atoms with E-state index in [1.807, 2.05) is 19.1 Å². The first-order valence-corrected chi connectivity index (χ1v) is 11.6. The lowest BCUT2D eigenvalue weighted by Gasteiger charge is -2.35. The molecule has 1 saturated carbocycles. The number of amides is 3. The molecule has 1 N–H and O–H groups in total. The van der Waals surface area contributed by atoms with Gasteiger partial charge in [0.2, 0.25) is 0 Å².